The molecule has 1 aromatic carbocycles. The molecule has 1 aromatic rings. The molecule has 20 heavy (non-hydrogen) atoms. The van der Waals surface area contributed by atoms with Crippen LogP contribution in [0.1, 0.15) is 25.0 Å². The number of carboxylic acids is 1. The van der Waals surface area contributed by atoms with Gasteiger partial charge in [0.2, 0.25) is 5.91 Å². The Balaban J connectivity index is 2.66. The van der Waals surface area contributed by atoms with Crippen LogP contribution in [0, 0.1) is 12.8 Å². The second-order valence-corrected chi connectivity index (χ2v) is 4.91. The van der Waals surface area contributed by atoms with Crippen LogP contribution in [0.2, 0.25) is 0 Å². The number of carbonyl (C=O) groups excluding carboxylic acids is 1. The van der Waals surface area contributed by atoms with Gasteiger partial charge in [-0.05, 0) is 32.8 Å². The predicted octanol–water partition coefficient (Wildman–Crippen LogP) is 2.32. The third-order valence-electron chi connectivity index (χ3n) is 3.21. The topological polar surface area (TPSA) is 66.4 Å². The standard InChI is InChI=1S/C16H21NO3/c1-4-12(3)15(18)17-10-14(16(19)20)9-13-7-5-6-11(2)8-13/h4-8,14H,9-10H2,1-3H3,(H,17,18)(H,19,20)/b12-4+. The van der Waals surface area contributed by atoms with Crippen LogP contribution in [-0.2, 0) is 16.0 Å². The molecular weight excluding hydrogens is 254 g/mol. The predicted molar refractivity (Wildman–Crippen MR) is 78.4 cm³/mol. The maximum Gasteiger partial charge on any atom is 0.308 e. The van der Waals surface area contributed by atoms with Gasteiger partial charge < -0.3 is 10.4 Å². The first kappa shape index (κ1) is 16.0. The van der Waals surface area contributed by atoms with Crippen LogP contribution >= 0.6 is 0 Å². The molecule has 1 rings (SSSR count). The normalized spacial score (nSPS) is 12.8. The fraction of sp³-hybridized carbons (Fsp3) is 0.375. The number of aliphatic carboxylic acids is 1. The van der Waals surface area contributed by atoms with Crippen molar-refractivity contribution in [1.82, 2.24) is 5.32 Å². The number of amides is 1. The van der Waals surface area contributed by atoms with E-state index >= 15 is 0 Å². The summed E-state index contributed by atoms with van der Waals surface area (Å²) < 4.78 is 0. The van der Waals surface area contributed by atoms with E-state index in [0.717, 1.165) is 11.1 Å². The molecule has 0 radical (unpaired) electrons. The molecule has 0 aliphatic heterocycles. The van der Waals surface area contributed by atoms with E-state index in [-0.39, 0.29) is 12.5 Å². The summed E-state index contributed by atoms with van der Waals surface area (Å²) in [7, 11) is 0. The van der Waals surface area contributed by atoms with Gasteiger partial charge in [-0.25, -0.2) is 0 Å². The summed E-state index contributed by atoms with van der Waals surface area (Å²) in [6.07, 6.45) is 2.11. The van der Waals surface area contributed by atoms with E-state index in [0.29, 0.717) is 12.0 Å². The van der Waals surface area contributed by atoms with Gasteiger partial charge in [0.15, 0.2) is 0 Å². The number of nitrogens with one attached hydrogen (secondary N) is 1. The molecule has 0 saturated carbocycles. The van der Waals surface area contributed by atoms with Crippen LogP contribution < -0.4 is 5.32 Å². The number of aryl methyl sites for hydroxylation is 1. The lowest BCUT2D eigenvalue weighted by Crippen LogP contribution is -2.34. The van der Waals surface area contributed by atoms with Gasteiger partial charge in [0.1, 0.15) is 0 Å². The van der Waals surface area contributed by atoms with Gasteiger partial charge in [-0.3, -0.25) is 9.59 Å². The number of hydrogen-bond acceptors (Lipinski definition) is 2. The molecule has 108 valence electrons. The largest absolute Gasteiger partial charge is 0.481 e. The summed E-state index contributed by atoms with van der Waals surface area (Å²) in [5, 5.41) is 11.9. The van der Waals surface area contributed by atoms with Crippen LogP contribution in [0.5, 0.6) is 0 Å². The lowest BCUT2D eigenvalue weighted by molar-refractivity contribution is -0.141. The molecule has 1 amide bonds. The van der Waals surface area contributed by atoms with Gasteiger partial charge in [0, 0.05) is 12.1 Å². The Kier molecular flexibility index (Phi) is 5.97. The fourth-order valence-corrected chi connectivity index (χ4v) is 1.86. The summed E-state index contributed by atoms with van der Waals surface area (Å²) in [5.74, 6) is -1.74. The van der Waals surface area contributed by atoms with Gasteiger partial charge in [-0.2, -0.15) is 0 Å². The summed E-state index contributed by atoms with van der Waals surface area (Å²) in [5.41, 5.74) is 2.65. The molecule has 0 bridgehead atoms. The highest BCUT2D eigenvalue weighted by atomic mass is 16.4. The van der Waals surface area contributed by atoms with Gasteiger partial charge in [-0.1, -0.05) is 35.9 Å². The number of rotatable bonds is 6. The van der Waals surface area contributed by atoms with Crippen molar-refractivity contribution in [2.45, 2.75) is 27.2 Å². The van der Waals surface area contributed by atoms with Crippen molar-refractivity contribution in [3.8, 4) is 0 Å². The SMILES string of the molecule is C/C=C(\C)C(=O)NCC(Cc1cccc(C)c1)C(=O)O. The summed E-state index contributed by atoms with van der Waals surface area (Å²) >= 11 is 0. The monoisotopic (exact) mass is 275 g/mol. The molecule has 4 heteroatoms. The van der Waals surface area contributed by atoms with Crippen molar-refractivity contribution < 1.29 is 14.7 Å². The van der Waals surface area contributed by atoms with Crippen LogP contribution in [-0.4, -0.2) is 23.5 Å². The van der Waals surface area contributed by atoms with Gasteiger partial charge in [0.25, 0.3) is 0 Å². The average molecular weight is 275 g/mol. The Morgan fingerprint density at radius 1 is 1.40 bits per heavy atom. The van der Waals surface area contributed by atoms with Crippen LogP contribution in [0.3, 0.4) is 0 Å². The highest BCUT2D eigenvalue weighted by molar-refractivity contribution is 5.92. The Hall–Kier alpha value is -2.10. The van der Waals surface area contributed by atoms with E-state index in [1.807, 2.05) is 31.2 Å². The minimum Gasteiger partial charge on any atom is -0.481 e. The average Bonchev–Trinajstić information content (AvgIpc) is 2.41. The van der Waals surface area contributed by atoms with Gasteiger partial charge >= 0.3 is 5.97 Å². The highest BCUT2D eigenvalue weighted by Gasteiger charge is 2.19. The Bertz CT molecular complexity index is 520. The maximum absolute atomic E-state index is 11.6. The van der Waals surface area contributed by atoms with E-state index < -0.39 is 11.9 Å². The Morgan fingerprint density at radius 2 is 2.10 bits per heavy atom. The summed E-state index contributed by atoms with van der Waals surface area (Å²) in [6, 6.07) is 7.75. The minimum absolute atomic E-state index is 0.132. The number of carbonyl (C=O) groups is 2. The zero-order valence-corrected chi connectivity index (χ0v) is 12.1. The van der Waals surface area contributed by atoms with Crippen LogP contribution in [0.25, 0.3) is 0 Å². The first-order valence-corrected chi connectivity index (χ1v) is 6.63. The molecule has 0 spiro atoms. The first-order chi connectivity index (χ1) is 9.43. The van der Waals surface area contributed by atoms with E-state index in [4.69, 9.17) is 0 Å². The molecule has 4 nitrogen and oxygen atoms in total. The summed E-state index contributed by atoms with van der Waals surface area (Å²) in [4.78, 5) is 22.9. The molecule has 1 unspecified atom stereocenters. The third-order valence-corrected chi connectivity index (χ3v) is 3.21. The van der Waals surface area contributed by atoms with E-state index in [2.05, 4.69) is 5.32 Å². The maximum atomic E-state index is 11.6. The minimum atomic E-state index is -0.898. The molecule has 0 aliphatic rings. The van der Waals surface area contributed by atoms with Crippen LogP contribution in [0.15, 0.2) is 35.9 Å². The zero-order valence-electron chi connectivity index (χ0n) is 12.1. The van der Waals surface area contributed by atoms with Crippen molar-refractivity contribution in [3.63, 3.8) is 0 Å². The molecule has 0 aliphatic carbocycles. The highest BCUT2D eigenvalue weighted by Crippen LogP contribution is 2.11. The van der Waals surface area contributed by atoms with Gasteiger partial charge in [0.05, 0.1) is 5.92 Å². The Morgan fingerprint density at radius 3 is 2.65 bits per heavy atom. The van der Waals surface area contributed by atoms with E-state index in [1.165, 1.54) is 0 Å². The third kappa shape index (κ3) is 4.88. The Labute approximate surface area is 119 Å². The quantitative estimate of drug-likeness (QED) is 0.783. The van der Waals surface area contributed by atoms with Crippen molar-refractivity contribution in [2.75, 3.05) is 6.54 Å². The second kappa shape index (κ2) is 7.48. The van der Waals surface area contributed by atoms with Crippen LogP contribution in [0.4, 0.5) is 0 Å². The van der Waals surface area contributed by atoms with E-state index in [1.54, 1.807) is 19.9 Å². The zero-order chi connectivity index (χ0) is 15.1. The molecule has 2 N–H and O–H groups in total. The van der Waals surface area contributed by atoms with Crippen molar-refractivity contribution >= 4 is 11.9 Å². The number of benzene rings is 1. The molecular formula is C16H21NO3. The number of carboxylic acid groups (broad SMARTS) is 1. The van der Waals surface area contributed by atoms with E-state index in [9.17, 15) is 14.7 Å². The molecule has 0 aromatic heterocycles. The van der Waals surface area contributed by atoms with Crippen molar-refractivity contribution in [2.24, 2.45) is 5.92 Å². The lowest BCUT2D eigenvalue weighted by Gasteiger charge is -2.14. The molecule has 1 atom stereocenters. The van der Waals surface area contributed by atoms with Gasteiger partial charge in [-0.15, -0.1) is 0 Å². The molecule has 0 saturated heterocycles. The summed E-state index contributed by atoms with van der Waals surface area (Å²) in [6.45, 7) is 5.58. The fourth-order valence-electron chi connectivity index (χ4n) is 1.86. The van der Waals surface area contributed by atoms with Crippen molar-refractivity contribution in [3.05, 3.63) is 47.0 Å². The molecule has 0 fully saturated rings. The number of hydrogen-bond donors (Lipinski definition) is 2. The molecule has 0 heterocycles. The smallest absolute Gasteiger partial charge is 0.308 e. The lowest BCUT2D eigenvalue weighted by atomic mass is 9.98. The first-order valence-electron chi connectivity index (χ1n) is 6.63. The number of allylic oxidation sites excluding steroid dienone is 1. The van der Waals surface area contributed by atoms with Crippen molar-refractivity contribution in [1.29, 1.82) is 0 Å². The second-order valence-electron chi connectivity index (χ2n) is 4.91.